The van der Waals surface area contributed by atoms with Gasteiger partial charge in [-0.1, -0.05) is 24.6 Å². The van der Waals surface area contributed by atoms with Crippen molar-refractivity contribution in [3.05, 3.63) is 52.2 Å². The molecule has 2 unspecified atom stereocenters. The third kappa shape index (κ3) is 4.59. The molecule has 2 aromatic rings. The van der Waals surface area contributed by atoms with E-state index in [1.807, 2.05) is 4.90 Å². The molecule has 0 radical (unpaired) electrons. The van der Waals surface area contributed by atoms with E-state index in [2.05, 4.69) is 40.5 Å². The van der Waals surface area contributed by atoms with Crippen LogP contribution in [0.25, 0.3) is 0 Å². The third-order valence-corrected chi connectivity index (χ3v) is 8.44. The number of halogens is 2. The molecule has 1 N–H and O–H groups in total. The Kier molecular flexibility index (Phi) is 7.21. The van der Waals surface area contributed by atoms with Crippen molar-refractivity contribution in [2.24, 2.45) is 0 Å². The number of rotatable bonds is 5. The zero-order chi connectivity index (χ0) is 25.6. The minimum Gasteiger partial charge on any atom is -0.387 e. The van der Waals surface area contributed by atoms with Crippen molar-refractivity contribution in [1.29, 1.82) is 0 Å². The summed E-state index contributed by atoms with van der Waals surface area (Å²) in [6.45, 7) is 9.78. The molecule has 0 saturated carbocycles. The molecule has 2 aliphatic heterocycles. The fraction of sp³-hybridized carbons (Fsp3) is 0.593. The first-order valence-electron chi connectivity index (χ1n) is 13.0. The van der Waals surface area contributed by atoms with Gasteiger partial charge in [0.1, 0.15) is 18.0 Å². The number of benzene rings is 1. The Morgan fingerprint density at radius 1 is 1.17 bits per heavy atom. The van der Waals surface area contributed by atoms with Crippen molar-refractivity contribution in [2.45, 2.75) is 70.1 Å². The summed E-state index contributed by atoms with van der Waals surface area (Å²) in [5.74, 6) is 0.186. The van der Waals surface area contributed by atoms with Crippen LogP contribution in [0.2, 0.25) is 5.02 Å². The minimum atomic E-state index is -0.546. The molecule has 0 bridgehead atoms. The average molecular weight is 516 g/mol. The predicted molar refractivity (Wildman–Crippen MR) is 138 cm³/mol. The number of aromatic nitrogens is 2. The maximum atomic E-state index is 14.5. The second kappa shape index (κ2) is 10.2. The highest BCUT2D eigenvalue weighted by atomic mass is 35.5. The van der Waals surface area contributed by atoms with Crippen molar-refractivity contribution in [3.63, 3.8) is 0 Å². The average Bonchev–Trinajstić information content (AvgIpc) is 3.46. The number of anilines is 1. The van der Waals surface area contributed by atoms with Crippen LogP contribution in [0.1, 0.15) is 74.8 Å². The number of likely N-dealkylation sites (tertiary alicyclic amines) is 1. The van der Waals surface area contributed by atoms with Crippen molar-refractivity contribution < 1.29 is 14.3 Å². The summed E-state index contributed by atoms with van der Waals surface area (Å²) in [6, 6.07) is 5.14. The Morgan fingerprint density at radius 3 is 2.61 bits per heavy atom. The summed E-state index contributed by atoms with van der Waals surface area (Å²) >= 11 is 5.97. The van der Waals surface area contributed by atoms with Crippen LogP contribution in [0, 0.1) is 5.82 Å². The standard InChI is InChI=1S/C27H35ClFN5O2/c1-16(2)34-8-4-5-21(34)24(18-6-7-19(28)20(29)14-18)27(36)33-11-9-32(10-12-33)26-23-17(3)13-22(35)25(23)30-15-31-26/h6-7,14-17,21-22,24,35H,4-5,8-13H2,1-3H3/t17-,21?,22-,24?/m1/s1. The van der Waals surface area contributed by atoms with Gasteiger partial charge in [-0.2, -0.15) is 0 Å². The lowest BCUT2D eigenvalue weighted by atomic mass is 9.87. The second-order valence-corrected chi connectivity index (χ2v) is 11.1. The predicted octanol–water partition coefficient (Wildman–Crippen LogP) is 4.11. The van der Waals surface area contributed by atoms with Crippen molar-refractivity contribution in [3.8, 4) is 0 Å². The lowest BCUT2D eigenvalue weighted by Crippen LogP contribution is -2.53. The van der Waals surface area contributed by atoms with Crippen molar-refractivity contribution in [1.82, 2.24) is 19.8 Å². The number of piperazine rings is 1. The number of carbonyl (C=O) groups is 1. The summed E-state index contributed by atoms with van der Waals surface area (Å²) in [5, 5.41) is 10.4. The van der Waals surface area contributed by atoms with Crippen LogP contribution in [0.5, 0.6) is 0 Å². The smallest absolute Gasteiger partial charge is 0.231 e. The number of carbonyl (C=O) groups excluding carboxylic acids is 1. The number of hydrogen-bond donors (Lipinski definition) is 1. The first-order valence-corrected chi connectivity index (χ1v) is 13.4. The lowest BCUT2D eigenvalue weighted by Gasteiger charge is -2.40. The quantitative estimate of drug-likeness (QED) is 0.646. The van der Waals surface area contributed by atoms with E-state index in [1.54, 1.807) is 12.1 Å². The first-order chi connectivity index (χ1) is 17.3. The topological polar surface area (TPSA) is 72.8 Å². The van der Waals surface area contributed by atoms with Gasteiger partial charge in [-0.15, -0.1) is 0 Å². The summed E-state index contributed by atoms with van der Waals surface area (Å²) in [5.41, 5.74) is 2.45. The SMILES string of the molecule is CC(C)N1CCCC1C(C(=O)N1CCN(c2ncnc3c2[C@H](C)C[C@H]3O)CC1)c1ccc(Cl)c(F)c1. The van der Waals surface area contributed by atoms with Crippen LogP contribution in [0.4, 0.5) is 10.2 Å². The minimum absolute atomic E-state index is 0.0311. The van der Waals surface area contributed by atoms with Crippen molar-refractivity contribution >= 4 is 23.3 Å². The molecule has 7 nitrogen and oxygen atoms in total. The molecule has 3 aliphatic rings. The van der Waals surface area contributed by atoms with E-state index < -0.39 is 17.8 Å². The second-order valence-electron chi connectivity index (χ2n) is 10.7. The van der Waals surface area contributed by atoms with Gasteiger partial charge < -0.3 is 14.9 Å². The van der Waals surface area contributed by atoms with Gasteiger partial charge in [0.05, 0.1) is 22.7 Å². The number of hydrogen-bond acceptors (Lipinski definition) is 6. The molecule has 3 heterocycles. The molecule has 4 atom stereocenters. The highest BCUT2D eigenvalue weighted by molar-refractivity contribution is 6.30. The van der Waals surface area contributed by atoms with Gasteiger partial charge in [0.15, 0.2) is 0 Å². The van der Waals surface area contributed by atoms with E-state index in [9.17, 15) is 14.3 Å². The van der Waals surface area contributed by atoms with Crippen LogP contribution in [-0.4, -0.2) is 75.6 Å². The number of aliphatic hydroxyl groups excluding tert-OH is 1. The van der Waals surface area contributed by atoms with Gasteiger partial charge in [-0.05, 0) is 63.3 Å². The van der Waals surface area contributed by atoms with Crippen molar-refractivity contribution in [2.75, 3.05) is 37.6 Å². The number of nitrogens with zero attached hydrogens (tertiary/aromatic N) is 5. The highest BCUT2D eigenvalue weighted by Crippen LogP contribution is 2.43. The largest absolute Gasteiger partial charge is 0.387 e. The van der Waals surface area contributed by atoms with E-state index in [0.29, 0.717) is 44.2 Å². The maximum Gasteiger partial charge on any atom is 0.231 e. The van der Waals surface area contributed by atoms with E-state index in [-0.39, 0.29) is 22.9 Å². The maximum absolute atomic E-state index is 14.5. The van der Waals surface area contributed by atoms with Gasteiger partial charge in [-0.3, -0.25) is 9.69 Å². The van der Waals surface area contributed by atoms with Gasteiger partial charge in [0.25, 0.3) is 0 Å². The lowest BCUT2D eigenvalue weighted by molar-refractivity contribution is -0.134. The molecule has 194 valence electrons. The molecular formula is C27H35ClFN5O2. The summed E-state index contributed by atoms with van der Waals surface area (Å²) in [7, 11) is 0. The summed E-state index contributed by atoms with van der Waals surface area (Å²) < 4.78 is 14.5. The molecule has 5 rings (SSSR count). The molecule has 1 amide bonds. The molecule has 1 aromatic carbocycles. The van der Waals surface area contributed by atoms with Gasteiger partial charge in [0.2, 0.25) is 5.91 Å². The van der Waals surface area contributed by atoms with Gasteiger partial charge in [-0.25, -0.2) is 14.4 Å². The first kappa shape index (κ1) is 25.4. The molecule has 2 saturated heterocycles. The summed E-state index contributed by atoms with van der Waals surface area (Å²) in [6.07, 6.45) is 3.58. The Bertz CT molecular complexity index is 1120. The van der Waals surface area contributed by atoms with E-state index in [0.717, 1.165) is 36.5 Å². The number of fused-ring (bicyclic) bond motifs is 1. The normalized spacial score (nSPS) is 25.5. The fourth-order valence-electron chi connectivity index (χ4n) is 6.34. The number of aliphatic hydroxyl groups is 1. The zero-order valence-electron chi connectivity index (χ0n) is 21.2. The van der Waals surface area contributed by atoms with E-state index >= 15 is 0 Å². The Morgan fingerprint density at radius 2 is 1.92 bits per heavy atom. The zero-order valence-corrected chi connectivity index (χ0v) is 22.0. The number of amides is 1. The Hall–Kier alpha value is -2.29. The molecule has 9 heteroatoms. The van der Waals surface area contributed by atoms with E-state index in [4.69, 9.17) is 11.6 Å². The molecular weight excluding hydrogens is 481 g/mol. The van der Waals surface area contributed by atoms with Crippen LogP contribution >= 0.6 is 11.6 Å². The molecule has 36 heavy (non-hydrogen) atoms. The molecule has 1 aliphatic carbocycles. The van der Waals surface area contributed by atoms with Crippen LogP contribution < -0.4 is 4.90 Å². The van der Waals surface area contributed by atoms with Crippen LogP contribution in [0.3, 0.4) is 0 Å². The molecule has 1 aromatic heterocycles. The fourth-order valence-corrected chi connectivity index (χ4v) is 6.46. The van der Waals surface area contributed by atoms with Gasteiger partial charge >= 0.3 is 0 Å². The van der Waals surface area contributed by atoms with Crippen LogP contribution in [0.15, 0.2) is 24.5 Å². The van der Waals surface area contributed by atoms with Gasteiger partial charge in [0, 0.05) is 43.8 Å². The highest BCUT2D eigenvalue weighted by Gasteiger charge is 2.41. The van der Waals surface area contributed by atoms with Crippen LogP contribution in [-0.2, 0) is 4.79 Å². The molecule has 0 spiro atoms. The Balaban J connectivity index is 1.37. The third-order valence-electron chi connectivity index (χ3n) is 8.13. The monoisotopic (exact) mass is 515 g/mol. The summed E-state index contributed by atoms with van der Waals surface area (Å²) in [4.78, 5) is 29.4. The Labute approximate surface area is 217 Å². The van der Waals surface area contributed by atoms with E-state index in [1.165, 1.54) is 12.4 Å². The molecule has 2 fully saturated rings.